The summed E-state index contributed by atoms with van der Waals surface area (Å²) < 4.78 is 0. The number of rotatable bonds is 3. The van der Waals surface area contributed by atoms with Crippen molar-refractivity contribution in [1.29, 1.82) is 0 Å². The Labute approximate surface area is 127 Å². The summed E-state index contributed by atoms with van der Waals surface area (Å²) in [7, 11) is 0. The van der Waals surface area contributed by atoms with E-state index in [1.807, 2.05) is 0 Å². The van der Waals surface area contributed by atoms with E-state index in [0.29, 0.717) is 17.9 Å². The van der Waals surface area contributed by atoms with E-state index >= 15 is 0 Å². The summed E-state index contributed by atoms with van der Waals surface area (Å²) >= 11 is 0. The monoisotopic (exact) mass is 292 g/mol. The average molecular weight is 292 g/mol. The second-order valence-corrected chi connectivity index (χ2v) is 7.92. The molecule has 3 fully saturated rings. The molecule has 21 heavy (non-hydrogen) atoms. The van der Waals surface area contributed by atoms with Gasteiger partial charge in [0.15, 0.2) is 0 Å². The van der Waals surface area contributed by atoms with Crippen molar-refractivity contribution < 1.29 is 9.59 Å². The molecule has 2 aliphatic carbocycles. The zero-order chi connectivity index (χ0) is 15.0. The van der Waals surface area contributed by atoms with E-state index in [1.54, 1.807) is 4.90 Å². The summed E-state index contributed by atoms with van der Waals surface area (Å²) in [6.07, 6.45) is 9.38. The maximum Gasteiger partial charge on any atom is 0.247 e. The van der Waals surface area contributed by atoms with Crippen LogP contribution < -0.4 is 5.32 Å². The first-order chi connectivity index (χ1) is 9.96. The maximum atomic E-state index is 12.6. The molecule has 0 aromatic heterocycles. The predicted molar refractivity (Wildman–Crippen MR) is 81.7 cm³/mol. The molecule has 0 aromatic carbocycles. The van der Waals surface area contributed by atoms with Gasteiger partial charge in [-0.15, -0.1) is 0 Å². The van der Waals surface area contributed by atoms with Gasteiger partial charge in [-0.2, -0.15) is 0 Å². The van der Waals surface area contributed by atoms with Gasteiger partial charge in [-0.25, -0.2) is 0 Å². The van der Waals surface area contributed by atoms with Crippen LogP contribution in [0.2, 0.25) is 0 Å². The van der Waals surface area contributed by atoms with Crippen LogP contribution in [0.1, 0.15) is 71.6 Å². The van der Waals surface area contributed by atoms with Gasteiger partial charge in [-0.1, -0.05) is 33.1 Å². The Balaban J connectivity index is 1.61. The lowest BCUT2D eigenvalue weighted by molar-refractivity contribution is -0.141. The van der Waals surface area contributed by atoms with E-state index in [1.165, 1.54) is 12.8 Å². The quantitative estimate of drug-likeness (QED) is 0.814. The molecule has 0 radical (unpaired) electrons. The van der Waals surface area contributed by atoms with Crippen LogP contribution in [0.25, 0.3) is 0 Å². The standard InChI is InChI=1S/C17H28N2O2/c1-17(2)9-5-6-12(11-17)18-14-10-15(20)19(16(14)21)13-7-3-4-8-13/h12-14,18H,3-11H2,1-2H3. The van der Waals surface area contributed by atoms with Gasteiger partial charge in [0.05, 0.1) is 12.5 Å². The third-order valence-electron chi connectivity index (χ3n) is 5.51. The van der Waals surface area contributed by atoms with Crippen LogP contribution in [-0.2, 0) is 9.59 Å². The van der Waals surface area contributed by atoms with E-state index in [-0.39, 0.29) is 23.9 Å². The highest BCUT2D eigenvalue weighted by molar-refractivity contribution is 6.05. The fourth-order valence-corrected chi connectivity index (χ4v) is 4.45. The zero-order valence-electron chi connectivity index (χ0n) is 13.4. The van der Waals surface area contributed by atoms with Crippen LogP contribution in [-0.4, -0.2) is 34.8 Å². The van der Waals surface area contributed by atoms with Crippen LogP contribution >= 0.6 is 0 Å². The van der Waals surface area contributed by atoms with Gasteiger partial charge in [0.2, 0.25) is 11.8 Å². The SMILES string of the molecule is CC1(C)CCCC(NC2CC(=O)N(C3CCCC3)C2=O)C1. The van der Waals surface area contributed by atoms with Crippen LogP contribution in [0.4, 0.5) is 0 Å². The van der Waals surface area contributed by atoms with Gasteiger partial charge < -0.3 is 5.32 Å². The van der Waals surface area contributed by atoms with E-state index in [0.717, 1.165) is 38.5 Å². The van der Waals surface area contributed by atoms with Crippen molar-refractivity contribution in [2.24, 2.45) is 5.41 Å². The molecule has 1 saturated heterocycles. The van der Waals surface area contributed by atoms with Gasteiger partial charge in [-0.05, 0) is 37.5 Å². The number of likely N-dealkylation sites (tertiary alicyclic amines) is 1. The molecule has 118 valence electrons. The van der Waals surface area contributed by atoms with Crippen molar-refractivity contribution in [3.05, 3.63) is 0 Å². The molecule has 3 aliphatic rings. The van der Waals surface area contributed by atoms with Gasteiger partial charge in [-0.3, -0.25) is 14.5 Å². The number of nitrogens with one attached hydrogen (secondary N) is 1. The molecule has 1 aliphatic heterocycles. The summed E-state index contributed by atoms with van der Waals surface area (Å²) in [6.45, 7) is 4.60. The predicted octanol–water partition coefficient (Wildman–Crippen LogP) is 2.61. The Morgan fingerprint density at radius 3 is 2.48 bits per heavy atom. The Bertz CT molecular complexity index is 427. The lowest BCUT2D eigenvalue weighted by atomic mass is 9.75. The normalized spacial score (nSPS) is 33.9. The first-order valence-electron chi connectivity index (χ1n) is 8.58. The fraction of sp³-hybridized carbons (Fsp3) is 0.882. The molecular formula is C17H28N2O2. The minimum absolute atomic E-state index is 0.0373. The Kier molecular flexibility index (Phi) is 4.08. The molecular weight excluding hydrogens is 264 g/mol. The topological polar surface area (TPSA) is 49.4 Å². The van der Waals surface area contributed by atoms with Gasteiger partial charge in [0.25, 0.3) is 0 Å². The second kappa shape index (κ2) is 5.71. The fourth-order valence-electron chi connectivity index (χ4n) is 4.45. The second-order valence-electron chi connectivity index (χ2n) is 7.92. The third kappa shape index (κ3) is 3.15. The molecule has 2 unspecified atom stereocenters. The minimum atomic E-state index is -0.267. The molecule has 4 nitrogen and oxygen atoms in total. The molecule has 0 spiro atoms. The number of imide groups is 1. The number of amides is 2. The molecule has 3 rings (SSSR count). The van der Waals surface area contributed by atoms with Crippen molar-refractivity contribution in [1.82, 2.24) is 10.2 Å². The number of nitrogens with zero attached hydrogens (tertiary/aromatic N) is 1. The highest BCUT2D eigenvalue weighted by Crippen LogP contribution is 2.36. The third-order valence-corrected chi connectivity index (χ3v) is 5.51. The largest absolute Gasteiger partial charge is 0.303 e. The Hall–Kier alpha value is -0.900. The first kappa shape index (κ1) is 15.0. The molecule has 2 saturated carbocycles. The summed E-state index contributed by atoms with van der Waals surface area (Å²) in [5.41, 5.74) is 0.354. The summed E-state index contributed by atoms with van der Waals surface area (Å²) in [5, 5.41) is 3.50. The van der Waals surface area contributed by atoms with Crippen LogP contribution in [0.3, 0.4) is 0 Å². The van der Waals surface area contributed by atoms with E-state index in [4.69, 9.17) is 0 Å². The van der Waals surface area contributed by atoms with Crippen molar-refractivity contribution in [3.8, 4) is 0 Å². The van der Waals surface area contributed by atoms with Gasteiger partial charge >= 0.3 is 0 Å². The number of carbonyl (C=O) groups excluding carboxylic acids is 2. The molecule has 4 heteroatoms. The van der Waals surface area contributed by atoms with E-state index in [9.17, 15) is 9.59 Å². The summed E-state index contributed by atoms with van der Waals surface area (Å²) in [5.74, 6) is 0.0785. The highest BCUT2D eigenvalue weighted by Gasteiger charge is 2.44. The van der Waals surface area contributed by atoms with Crippen LogP contribution in [0.5, 0.6) is 0 Å². The van der Waals surface area contributed by atoms with E-state index < -0.39 is 0 Å². The van der Waals surface area contributed by atoms with Crippen molar-refractivity contribution in [2.75, 3.05) is 0 Å². The van der Waals surface area contributed by atoms with Gasteiger partial charge in [0, 0.05) is 12.1 Å². The molecule has 1 N–H and O–H groups in total. The Morgan fingerprint density at radius 2 is 1.81 bits per heavy atom. The minimum Gasteiger partial charge on any atom is -0.303 e. The zero-order valence-corrected chi connectivity index (χ0v) is 13.4. The number of hydrogen-bond acceptors (Lipinski definition) is 3. The van der Waals surface area contributed by atoms with Crippen LogP contribution in [0, 0.1) is 5.41 Å². The van der Waals surface area contributed by atoms with Gasteiger partial charge in [0.1, 0.15) is 0 Å². The van der Waals surface area contributed by atoms with E-state index in [2.05, 4.69) is 19.2 Å². The molecule has 0 bridgehead atoms. The summed E-state index contributed by atoms with van der Waals surface area (Å²) in [4.78, 5) is 26.4. The average Bonchev–Trinajstić information content (AvgIpc) is 2.98. The highest BCUT2D eigenvalue weighted by atomic mass is 16.2. The lowest BCUT2D eigenvalue weighted by Crippen LogP contribution is -2.48. The molecule has 2 amide bonds. The molecule has 1 heterocycles. The number of carbonyl (C=O) groups is 2. The molecule has 2 atom stereocenters. The Morgan fingerprint density at radius 1 is 1.10 bits per heavy atom. The van der Waals surface area contributed by atoms with Crippen molar-refractivity contribution >= 4 is 11.8 Å². The molecule has 0 aromatic rings. The number of hydrogen-bond donors (Lipinski definition) is 1. The van der Waals surface area contributed by atoms with Crippen LogP contribution in [0.15, 0.2) is 0 Å². The smallest absolute Gasteiger partial charge is 0.247 e. The first-order valence-corrected chi connectivity index (χ1v) is 8.58. The lowest BCUT2D eigenvalue weighted by Gasteiger charge is -2.36. The maximum absolute atomic E-state index is 12.6. The summed E-state index contributed by atoms with van der Waals surface area (Å²) in [6, 6.07) is 0.302. The van der Waals surface area contributed by atoms with Crippen molar-refractivity contribution in [3.63, 3.8) is 0 Å². The van der Waals surface area contributed by atoms with Crippen molar-refractivity contribution in [2.45, 2.75) is 89.8 Å².